The van der Waals surface area contributed by atoms with Crippen molar-refractivity contribution in [3.8, 4) is 0 Å². The van der Waals surface area contributed by atoms with E-state index in [1.807, 2.05) is 25.1 Å². The zero-order valence-electron chi connectivity index (χ0n) is 10.0. The number of nitrogens with two attached hydrogens (primary N) is 1. The molecule has 0 atom stereocenters. The van der Waals surface area contributed by atoms with Gasteiger partial charge in [-0.2, -0.15) is 0 Å². The highest BCUT2D eigenvalue weighted by atomic mass is 35.5. The molecule has 1 aliphatic carbocycles. The second-order valence-electron chi connectivity index (χ2n) is 4.58. The first-order valence-electron chi connectivity index (χ1n) is 6.01. The molecule has 0 aromatic heterocycles. The molecule has 1 saturated carbocycles. The molecule has 0 spiro atoms. The molecule has 0 amide bonds. The van der Waals surface area contributed by atoms with Crippen LogP contribution in [-0.4, -0.2) is 11.9 Å². The minimum absolute atomic E-state index is 0.403. The van der Waals surface area contributed by atoms with Crippen molar-refractivity contribution in [2.45, 2.75) is 38.6 Å². The average Bonchev–Trinajstić information content (AvgIpc) is 2.77. The molecular formula is C13H18ClN3. The first kappa shape index (κ1) is 12.4. The Hall–Kier alpha value is -1.06. The van der Waals surface area contributed by atoms with Crippen molar-refractivity contribution in [2.24, 2.45) is 10.8 Å². The van der Waals surface area contributed by atoms with Crippen molar-refractivity contribution < 1.29 is 0 Å². The maximum Gasteiger partial charge on any atom is 0.142 e. The van der Waals surface area contributed by atoms with Gasteiger partial charge in [0.25, 0.3) is 0 Å². The second-order valence-corrected chi connectivity index (χ2v) is 5.01. The van der Waals surface area contributed by atoms with E-state index in [0.29, 0.717) is 6.04 Å². The number of nitrogens with one attached hydrogen (secondary N) is 1. The van der Waals surface area contributed by atoms with Crippen LogP contribution in [0.4, 0.5) is 0 Å². The molecule has 0 aliphatic heterocycles. The molecule has 3 nitrogen and oxygen atoms in total. The Balaban J connectivity index is 2.27. The van der Waals surface area contributed by atoms with Crippen LogP contribution >= 0.6 is 11.6 Å². The molecule has 17 heavy (non-hydrogen) atoms. The molecule has 2 rings (SSSR count). The Morgan fingerprint density at radius 2 is 2.06 bits per heavy atom. The fraction of sp³-hybridized carbons (Fsp3) is 0.462. The SMILES string of the molecule is Cc1cc(Cl)cc(C(=NC2CCCC2)NN)c1. The lowest BCUT2D eigenvalue weighted by Gasteiger charge is -2.10. The van der Waals surface area contributed by atoms with E-state index in [-0.39, 0.29) is 0 Å². The van der Waals surface area contributed by atoms with Crippen LogP contribution in [0.25, 0.3) is 0 Å². The standard InChI is InChI=1S/C13H18ClN3/c1-9-6-10(8-11(14)7-9)13(17-15)16-12-4-2-3-5-12/h6-8,12H,2-5,15H2,1H3,(H,16,17). The highest BCUT2D eigenvalue weighted by Gasteiger charge is 2.15. The van der Waals surface area contributed by atoms with Crippen LogP contribution < -0.4 is 11.3 Å². The summed E-state index contributed by atoms with van der Waals surface area (Å²) in [7, 11) is 0. The number of halogens is 1. The zero-order valence-corrected chi connectivity index (χ0v) is 10.8. The molecule has 1 fully saturated rings. The summed E-state index contributed by atoms with van der Waals surface area (Å²) in [6, 6.07) is 6.26. The van der Waals surface area contributed by atoms with Gasteiger partial charge in [-0.15, -0.1) is 0 Å². The Labute approximate surface area is 107 Å². The summed E-state index contributed by atoms with van der Waals surface area (Å²) < 4.78 is 0. The smallest absolute Gasteiger partial charge is 0.142 e. The number of aryl methyl sites for hydroxylation is 1. The first-order chi connectivity index (χ1) is 8.19. The number of nitrogens with zero attached hydrogens (tertiary/aromatic N) is 1. The lowest BCUT2D eigenvalue weighted by atomic mass is 10.1. The van der Waals surface area contributed by atoms with Crippen LogP contribution in [0.3, 0.4) is 0 Å². The van der Waals surface area contributed by atoms with Crippen LogP contribution in [-0.2, 0) is 0 Å². The van der Waals surface area contributed by atoms with Crippen molar-refractivity contribution in [1.82, 2.24) is 5.43 Å². The van der Waals surface area contributed by atoms with Crippen molar-refractivity contribution in [1.29, 1.82) is 0 Å². The van der Waals surface area contributed by atoms with Gasteiger partial charge in [0, 0.05) is 10.6 Å². The molecule has 1 aromatic rings. The summed E-state index contributed by atoms with van der Waals surface area (Å²) in [6.45, 7) is 2.01. The van der Waals surface area contributed by atoms with Crippen LogP contribution in [0.2, 0.25) is 5.02 Å². The maximum absolute atomic E-state index is 6.04. The van der Waals surface area contributed by atoms with E-state index < -0.39 is 0 Å². The lowest BCUT2D eigenvalue weighted by Crippen LogP contribution is -2.32. The average molecular weight is 252 g/mol. The summed E-state index contributed by atoms with van der Waals surface area (Å²) in [5.74, 6) is 6.30. The predicted octanol–water partition coefficient (Wildman–Crippen LogP) is 2.80. The van der Waals surface area contributed by atoms with Gasteiger partial charge in [0.05, 0.1) is 6.04 Å². The van der Waals surface area contributed by atoms with Crippen LogP contribution in [0, 0.1) is 6.92 Å². The Morgan fingerprint density at radius 1 is 1.35 bits per heavy atom. The van der Waals surface area contributed by atoms with Gasteiger partial charge in [-0.05, 0) is 43.5 Å². The summed E-state index contributed by atoms with van der Waals surface area (Å²) in [6.07, 6.45) is 4.84. The molecule has 0 radical (unpaired) electrons. The van der Waals surface area contributed by atoms with Crippen LogP contribution in [0.15, 0.2) is 23.2 Å². The summed E-state index contributed by atoms with van der Waals surface area (Å²) in [4.78, 5) is 4.67. The zero-order chi connectivity index (χ0) is 12.3. The van der Waals surface area contributed by atoms with Crippen molar-refractivity contribution in [2.75, 3.05) is 0 Å². The van der Waals surface area contributed by atoms with Gasteiger partial charge in [-0.25, -0.2) is 5.84 Å². The van der Waals surface area contributed by atoms with E-state index in [4.69, 9.17) is 17.4 Å². The number of aliphatic imine (C=N–C) groups is 1. The Bertz CT molecular complexity index is 402. The van der Waals surface area contributed by atoms with Gasteiger partial charge >= 0.3 is 0 Å². The van der Waals surface area contributed by atoms with Crippen molar-refractivity contribution in [3.63, 3.8) is 0 Å². The summed E-state index contributed by atoms with van der Waals surface area (Å²) in [5.41, 5.74) is 4.77. The summed E-state index contributed by atoms with van der Waals surface area (Å²) >= 11 is 6.04. The Kier molecular flexibility index (Phi) is 4.02. The van der Waals surface area contributed by atoms with Gasteiger partial charge < -0.3 is 5.43 Å². The van der Waals surface area contributed by atoms with E-state index in [1.165, 1.54) is 12.8 Å². The van der Waals surface area contributed by atoms with E-state index >= 15 is 0 Å². The predicted molar refractivity (Wildman–Crippen MR) is 72.3 cm³/mol. The highest BCUT2D eigenvalue weighted by molar-refractivity contribution is 6.31. The van der Waals surface area contributed by atoms with Crippen LogP contribution in [0.1, 0.15) is 36.8 Å². The number of hydrogen-bond donors (Lipinski definition) is 2. The third kappa shape index (κ3) is 3.20. The fourth-order valence-electron chi connectivity index (χ4n) is 2.28. The molecule has 1 aromatic carbocycles. The highest BCUT2D eigenvalue weighted by Crippen LogP contribution is 2.22. The van der Waals surface area contributed by atoms with Crippen molar-refractivity contribution in [3.05, 3.63) is 34.3 Å². The van der Waals surface area contributed by atoms with E-state index in [2.05, 4.69) is 10.4 Å². The fourth-order valence-corrected chi connectivity index (χ4v) is 2.57. The number of hydrogen-bond acceptors (Lipinski definition) is 2. The molecule has 4 heteroatoms. The normalized spacial score (nSPS) is 17.5. The molecule has 0 unspecified atom stereocenters. The second kappa shape index (κ2) is 5.52. The van der Waals surface area contributed by atoms with Crippen LogP contribution in [0.5, 0.6) is 0 Å². The van der Waals surface area contributed by atoms with Gasteiger partial charge in [0.2, 0.25) is 0 Å². The van der Waals surface area contributed by atoms with E-state index in [0.717, 1.165) is 34.8 Å². The number of hydrazine groups is 1. The third-order valence-corrected chi connectivity index (χ3v) is 3.31. The lowest BCUT2D eigenvalue weighted by molar-refractivity contribution is 0.701. The minimum atomic E-state index is 0.403. The molecule has 1 aliphatic rings. The number of amidine groups is 1. The molecule has 0 bridgehead atoms. The first-order valence-corrected chi connectivity index (χ1v) is 6.39. The molecule has 0 saturated heterocycles. The number of rotatable bonds is 2. The summed E-state index contributed by atoms with van der Waals surface area (Å²) in [5, 5.41) is 0.717. The molecular weight excluding hydrogens is 234 g/mol. The largest absolute Gasteiger partial charge is 0.308 e. The topological polar surface area (TPSA) is 50.4 Å². The molecule has 92 valence electrons. The van der Waals surface area contributed by atoms with E-state index in [1.54, 1.807) is 0 Å². The number of benzene rings is 1. The van der Waals surface area contributed by atoms with E-state index in [9.17, 15) is 0 Å². The van der Waals surface area contributed by atoms with Gasteiger partial charge in [0.15, 0.2) is 0 Å². The monoisotopic (exact) mass is 251 g/mol. The molecule has 0 heterocycles. The van der Waals surface area contributed by atoms with Crippen molar-refractivity contribution >= 4 is 17.4 Å². The van der Waals surface area contributed by atoms with Gasteiger partial charge in [-0.1, -0.05) is 24.4 Å². The minimum Gasteiger partial charge on any atom is -0.308 e. The molecule has 3 N–H and O–H groups in total. The quantitative estimate of drug-likeness (QED) is 0.368. The van der Waals surface area contributed by atoms with Gasteiger partial charge in [0.1, 0.15) is 5.84 Å². The maximum atomic E-state index is 6.04. The Morgan fingerprint density at radius 3 is 2.65 bits per heavy atom. The van der Waals surface area contributed by atoms with Gasteiger partial charge in [-0.3, -0.25) is 4.99 Å². The third-order valence-electron chi connectivity index (χ3n) is 3.09.